The summed E-state index contributed by atoms with van der Waals surface area (Å²) in [5, 5.41) is 39.7. The Labute approximate surface area is 117 Å². The molecule has 0 aromatic carbocycles. The molecule has 0 aliphatic carbocycles. The molecule has 0 radical (unpaired) electrons. The molecular weight excluding hydrogens is 268 g/mol. The number of aliphatic hydroxyl groups is 2. The topological polar surface area (TPSA) is 139 Å². The molecule has 1 fully saturated rings. The molecule has 3 atom stereocenters. The van der Waals surface area contributed by atoms with Crippen molar-refractivity contribution in [3.8, 4) is 0 Å². The minimum Gasteiger partial charge on any atom is -0.480 e. The minimum atomic E-state index is -0.896. The highest BCUT2D eigenvalue weighted by molar-refractivity contribution is 5.74. The lowest BCUT2D eigenvalue weighted by Gasteiger charge is -2.11. The first kappa shape index (κ1) is 18.8. The summed E-state index contributed by atoms with van der Waals surface area (Å²) < 4.78 is 0. The number of nitrogens with one attached hydrogen (secondary N) is 2. The van der Waals surface area contributed by atoms with Gasteiger partial charge in [0.2, 0.25) is 0 Å². The fourth-order valence-corrected chi connectivity index (χ4v) is 1.67. The number of aliphatic hydroxyl groups excluding tert-OH is 2. The molecule has 0 saturated carbocycles. The number of carbonyl (C=O) groups is 2. The SMILES string of the molecule is CCCN[C@@H](CCO)C(=O)O.O=C(O)[C@@H]1CC(O)CN1. The van der Waals surface area contributed by atoms with Crippen molar-refractivity contribution >= 4 is 11.9 Å². The number of β-amino-alcohol motifs (C(OH)–C–C–N with tert-alkyl or cyclic N) is 1. The van der Waals surface area contributed by atoms with Gasteiger partial charge in [-0.1, -0.05) is 6.92 Å². The Morgan fingerprint density at radius 2 is 2.05 bits per heavy atom. The highest BCUT2D eigenvalue weighted by Crippen LogP contribution is 2.05. The van der Waals surface area contributed by atoms with Crippen molar-refractivity contribution in [1.82, 2.24) is 10.6 Å². The van der Waals surface area contributed by atoms with E-state index in [0.29, 0.717) is 19.5 Å². The van der Waals surface area contributed by atoms with Crippen LogP contribution < -0.4 is 10.6 Å². The van der Waals surface area contributed by atoms with Crippen LogP contribution in [0.15, 0.2) is 0 Å². The molecule has 1 unspecified atom stereocenters. The van der Waals surface area contributed by atoms with Crippen LogP contribution in [0, 0.1) is 0 Å². The maximum absolute atomic E-state index is 10.4. The van der Waals surface area contributed by atoms with Crippen LogP contribution in [0.3, 0.4) is 0 Å². The predicted octanol–water partition coefficient (Wildman–Crippen LogP) is -1.38. The zero-order valence-electron chi connectivity index (χ0n) is 11.6. The van der Waals surface area contributed by atoms with E-state index in [1.165, 1.54) is 0 Å². The molecule has 8 nitrogen and oxygen atoms in total. The predicted molar refractivity (Wildman–Crippen MR) is 71.5 cm³/mol. The summed E-state index contributed by atoms with van der Waals surface area (Å²) in [5.74, 6) is -1.78. The summed E-state index contributed by atoms with van der Waals surface area (Å²) in [5.41, 5.74) is 0. The standard InChI is InChI=1S/C7H15NO3.C5H9NO3/c1-2-4-8-6(3-5-9)7(10)11;7-3-1-4(5(8)9)6-2-3/h6,8-9H,2-5H2,1H3,(H,10,11);3-4,6-7H,1-2H2,(H,8,9)/t6-;3?,4-/m00/s1. The highest BCUT2D eigenvalue weighted by Gasteiger charge is 2.27. The Morgan fingerprint density at radius 3 is 2.35 bits per heavy atom. The molecule has 0 amide bonds. The lowest BCUT2D eigenvalue weighted by molar-refractivity contribution is -0.140. The molecule has 0 spiro atoms. The molecule has 0 aromatic heterocycles. The zero-order chi connectivity index (χ0) is 15.5. The molecule has 0 bridgehead atoms. The van der Waals surface area contributed by atoms with Gasteiger partial charge in [0.25, 0.3) is 0 Å². The zero-order valence-corrected chi connectivity index (χ0v) is 11.6. The normalized spacial score (nSPS) is 22.8. The monoisotopic (exact) mass is 292 g/mol. The average molecular weight is 292 g/mol. The van der Waals surface area contributed by atoms with Crippen LogP contribution in [0.4, 0.5) is 0 Å². The van der Waals surface area contributed by atoms with Crippen LogP contribution in [0.25, 0.3) is 0 Å². The van der Waals surface area contributed by atoms with Gasteiger partial charge in [0.15, 0.2) is 0 Å². The fourth-order valence-electron chi connectivity index (χ4n) is 1.67. The van der Waals surface area contributed by atoms with Gasteiger partial charge in [-0.3, -0.25) is 9.59 Å². The second-order valence-corrected chi connectivity index (χ2v) is 4.55. The second kappa shape index (κ2) is 10.6. The van der Waals surface area contributed by atoms with Gasteiger partial charge in [-0.25, -0.2) is 0 Å². The second-order valence-electron chi connectivity index (χ2n) is 4.55. The van der Waals surface area contributed by atoms with Crippen LogP contribution in [-0.2, 0) is 9.59 Å². The van der Waals surface area contributed by atoms with Crippen molar-refractivity contribution in [2.75, 3.05) is 19.7 Å². The van der Waals surface area contributed by atoms with Gasteiger partial charge >= 0.3 is 11.9 Å². The maximum atomic E-state index is 10.4. The summed E-state index contributed by atoms with van der Waals surface area (Å²) in [7, 11) is 0. The molecule has 118 valence electrons. The first-order valence-electron chi connectivity index (χ1n) is 6.63. The van der Waals surface area contributed by atoms with Gasteiger partial charge in [-0.15, -0.1) is 0 Å². The number of hydrogen-bond acceptors (Lipinski definition) is 6. The van der Waals surface area contributed by atoms with Gasteiger partial charge in [0.05, 0.1) is 6.10 Å². The Bertz CT molecular complexity index is 300. The highest BCUT2D eigenvalue weighted by atomic mass is 16.4. The van der Waals surface area contributed by atoms with E-state index in [1.807, 2.05) is 6.92 Å². The molecule has 1 heterocycles. The quantitative estimate of drug-likeness (QED) is 0.337. The van der Waals surface area contributed by atoms with Crippen molar-refractivity contribution in [2.24, 2.45) is 0 Å². The smallest absolute Gasteiger partial charge is 0.320 e. The van der Waals surface area contributed by atoms with Crippen molar-refractivity contribution in [2.45, 2.75) is 44.4 Å². The molecule has 1 aliphatic rings. The van der Waals surface area contributed by atoms with Crippen molar-refractivity contribution in [1.29, 1.82) is 0 Å². The third-order valence-electron chi connectivity index (χ3n) is 2.76. The molecular formula is C12H24N2O6. The lowest BCUT2D eigenvalue weighted by Crippen LogP contribution is -2.37. The van der Waals surface area contributed by atoms with Crippen LogP contribution in [0.2, 0.25) is 0 Å². The van der Waals surface area contributed by atoms with Gasteiger partial charge < -0.3 is 31.1 Å². The number of aliphatic carboxylic acids is 2. The van der Waals surface area contributed by atoms with Crippen LogP contribution in [-0.4, -0.2) is 70.2 Å². The first-order valence-corrected chi connectivity index (χ1v) is 6.63. The van der Waals surface area contributed by atoms with E-state index in [4.69, 9.17) is 20.4 Å². The summed E-state index contributed by atoms with van der Waals surface area (Å²) in [6.45, 7) is 2.95. The van der Waals surface area contributed by atoms with Gasteiger partial charge in [0.1, 0.15) is 12.1 Å². The average Bonchev–Trinajstić information content (AvgIpc) is 2.82. The molecule has 20 heavy (non-hydrogen) atoms. The maximum Gasteiger partial charge on any atom is 0.320 e. The van der Waals surface area contributed by atoms with Crippen LogP contribution in [0.5, 0.6) is 0 Å². The Morgan fingerprint density at radius 1 is 1.40 bits per heavy atom. The van der Waals surface area contributed by atoms with Gasteiger partial charge in [0, 0.05) is 19.6 Å². The van der Waals surface area contributed by atoms with Crippen molar-refractivity contribution in [3.05, 3.63) is 0 Å². The molecule has 1 aliphatic heterocycles. The van der Waals surface area contributed by atoms with E-state index in [0.717, 1.165) is 6.42 Å². The minimum absolute atomic E-state index is 0.0896. The van der Waals surface area contributed by atoms with Crippen LogP contribution in [0.1, 0.15) is 26.2 Å². The molecule has 8 heteroatoms. The number of carboxylic acid groups (broad SMARTS) is 2. The van der Waals surface area contributed by atoms with E-state index in [1.54, 1.807) is 0 Å². The summed E-state index contributed by atoms with van der Waals surface area (Å²) in [6, 6.07) is -1.14. The van der Waals surface area contributed by atoms with E-state index < -0.39 is 30.1 Å². The molecule has 1 rings (SSSR count). The summed E-state index contributed by atoms with van der Waals surface area (Å²) >= 11 is 0. The Kier molecular flexibility index (Phi) is 9.91. The summed E-state index contributed by atoms with van der Waals surface area (Å²) in [4.78, 5) is 20.6. The lowest BCUT2D eigenvalue weighted by atomic mass is 10.2. The molecule has 1 saturated heterocycles. The largest absolute Gasteiger partial charge is 0.480 e. The molecule has 6 N–H and O–H groups in total. The van der Waals surface area contributed by atoms with Crippen LogP contribution >= 0.6 is 0 Å². The number of hydrogen-bond donors (Lipinski definition) is 6. The van der Waals surface area contributed by atoms with Gasteiger partial charge in [-0.05, 0) is 19.4 Å². The number of rotatable bonds is 7. The fraction of sp³-hybridized carbons (Fsp3) is 0.833. The Hall–Kier alpha value is -1.22. The summed E-state index contributed by atoms with van der Waals surface area (Å²) in [6.07, 6.45) is 1.02. The van der Waals surface area contributed by atoms with E-state index in [2.05, 4.69) is 10.6 Å². The third kappa shape index (κ3) is 8.05. The van der Waals surface area contributed by atoms with Crippen molar-refractivity contribution in [3.63, 3.8) is 0 Å². The van der Waals surface area contributed by atoms with E-state index in [-0.39, 0.29) is 13.0 Å². The Balaban J connectivity index is 0.000000367. The molecule has 0 aromatic rings. The first-order chi connectivity index (χ1) is 9.42. The number of carboxylic acids is 2. The third-order valence-corrected chi connectivity index (χ3v) is 2.76. The van der Waals surface area contributed by atoms with E-state index >= 15 is 0 Å². The van der Waals surface area contributed by atoms with Gasteiger partial charge in [-0.2, -0.15) is 0 Å². The van der Waals surface area contributed by atoms with Crippen molar-refractivity contribution < 1.29 is 30.0 Å². The van der Waals surface area contributed by atoms with E-state index in [9.17, 15) is 9.59 Å².